The summed E-state index contributed by atoms with van der Waals surface area (Å²) >= 11 is 0. The van der Waals surface area contributed by atoms with Crippen LogP contribution in [0.15, 0.2) is 30.5 Å². The molecule has 114 valence electrons. The van der Waals surface area contributed by atoms with Crippen molar-refractivity contribution in [2.45, 2.75) is 31.7 Å². The van der Waals surface area contributed by atoms with E-state index in [2.05, 4.69) is 15.6 Å². The average Bonchev–Trinajstić information content (AvgIpc) is 3.09. The molecule has 0 bridgehead atoms. The third-order valence-electron chi connectivity index (χ3n) is 4.39. The number of hydrogen-bond acceptors (Lipinski definition) is 4. The predicted octanol–water partition coefficient (Wildman–Crippen LogP) is 0.374. The van der Waals surface area contributed by atoms with Gasteiger partial charge in [-0.25, -0.2) is 4.98 Å². The molecule has 0 saturated heterocycles. The molecule has 2 aliphatic rings. The van der Waals surface area contributed by atoms with E-state index in [1.165, 1.54) is 0 Å². The minimum Gasteiger partial charge on any atom is -0.390 e. The van der Waals surface area contributed by atoms with Gasteiger partial charge in [0.05, 0.1) is 18.7 Å². The first-order chi connectivity index (χ1) is 10.7. The van der Waals surface area contributed by atoms with Gasteiger partial charge in [0.15, 0.2) is 0 Å². The quantitative estimate of drug-likeness (QED) is 0.749. The topological polar surface area (TPSA) is 79.2 Å². The number of carbonyl (C=O) groups is 1. The first-order valence-corrected chi connectivity index (χ1v) is 7.56. The number of carbonyl (C=O) groups excluding carboxylic acids is 1. The molecule has 1 aliphatic carbocycles. The van der Waals surface area contributed by atoms with Crippen LogP contribution in [0, 0.1) is 0 Å². The second kappa shape index (κ2) is 5.23. The van der Waals surface area contributed by atoms with Crippen molar-refractivity contribution in [3.8, 4) is 0 Å². The fourth-order valence-electron chi connectivity index (χ4n) is 3.26. The lowest BCUT2D eigenvalue weighted by Gasteiger charge is -2.17. The summed E-state index contributed by atoms with van der Waals surface area (Å²) in [6.45, 7) is 2.39. The molecular weight excluding hydrogens is 280 g/mol. The van der Waals surface area contributed by atoms with Gasteiger partial charge in [-0.05, 0) is 11.1 Å². The predicted molar refractivity (Wildman–Crippen MR) is 80.3 cm³/mol. The van der Waals surface area contributed by atoms with Crippen LogP contribution in [0.2, 0.25) is 0 Å². The van der Waals surface area contributed by atoms with Gasteiger partial charge >= 0.3 is 0 Å². The van der Waals surface area contributed by atoms with Crippen LogP contribution in [-0.2, 0) is 19.5 Å². The monoisotopic (exact) mass is 298 g/mol. The largest absolute Gasteiger partial charge is 0.390 e. The van der Waals surface area contributed by atoms with Gasteiger partial charge < -0.3 is 20.3 Å². The summed E-state index contributed by atoms with van der Waals surface area (Å²) in [6.07, 6.45) is 1.78. The number of imidazole rings is 1. The highest BCUT2D eigenvalue weighted by Crippen LogP contribution is 2.31. The van der Waals surface area contributed by atoms with Crippen molar-refractivity contribution in [3.05, 3.63) is 53.1 Å². The van der Waals surface area contributed by atoms with E-state index in [0.717, 1.165) is 30.0 Å². The van der Waals surface area contributed by atoms with Crippen LogP contribution in [0.25, 0.3) is 0 Å². The molecule has 0 fully saturated rings. The zero-order chi connectivity index (χ0) is 15.1. The van der Waals surface area contributed by atoms with Gasteiger partial charge in [-0.2, -0.15) is 0 Å². The Labute approximate surface area is 128 Å². The third-order valence-corrected chi connectivity index (χ3v) is 4.39. The Morgan fingerprint density at radius 1 is 1.41 bits per heavy atom. The SMILES string of the molecule is O=C(N[C@@H]1c2ccccc2C[C@@H]1O)c1cn2c(n1)CNCC2. The summed E-state index contributed by atoms with van der Waals surface area (Å²) in [4.78, 5) is 16.8. The Morgan fingerprint density at radius 3 is 3.14 bits per heavy atom. The molecule has 0 saturated carbocycles. The molecule has 6 heteroatoms. The first kappa shape index (κ1) is 13.5. The molecule has 2 heterocycles. The van der Waals surface area contributed by atoms with Gasteiger partial charge in [-0.3, -0.25) is 4.79 Å². The highest BCUT2D eigenvalue weighted by Gasteiger charge is 2.32. The molecule has 1 aromatic heterocycles. The van der Waals surface area contributed by atoms with Gasteiger partial charge in [0.1, 0.15) is 11.5 Å². The highest BCUT2D eigenvalue weighted by atomic mass is 16.3. The maximum absolute atomic E-state index is 12.5. The molecule has 0 radical (unpaired) electrons. The molecule has 1 aliphatic heterocycles. The number of fused-ring (bicyclic) bond motifs is 2. The maximum Gasteiger partial charge on any atom is 0.272 e. The van der Waals surface area contributed by atoms with Crippen LogP contribution in [0.4, 0.5) is 0 Å². The van der Waals surface area contributed by atoms with E-state index >= 15 is 0 Å². The molecule has 4 rings (SSSR count). The number of nitrogens with one attached hydrogen (secondary N) is 2. The zero-order valence-electron chi connectivity index (χ0n) is 12.1. The van der Waals surface area contributed by atoms with Crippen molar-refractivity contribution in [1.29, 1.82) is 0 Å². The van der Waals surface area contributed by atoms with E-state index in [1.807, 2.05) is 28.8 Å². The minimum atomic E-state index is -0.583. The van der Waals surface area contributed by atoms with Gasteiger partial charge in [0.2, 0.25) is 0 Å². The first-order valence-electron chi connectivity index (χ1n) is 7.56. The fourth-order valence-corrected chi connectivity index (χ4v) is 3.26. The maximum atomic E-state index is 12.5. The summed E-state index contributed by atoms with van der Waals surface area (Å²) in [5.41, 5.74) is 2.50. The van der Waals surface area contributed by atoms with Crippen LogP contribution >= 0.6 is 0 Å². The Hall–Kier alpha value is -2.18. The summed E-state index contributed by atoms with van der Waals surface area (Å²) in [7, 11) is 0. The van der Waals surface area contributed by atoms with Crippen LogP contribution in [0.3, 0.4) is 0 Å². The molecule has 6 nitrogen and oxygen atoms in total. The Bertz CT molecular complexity index is 701. The normalized spacial score (nSPS) is 23.0. The number of aromatic nitrogens is 2. The lowest BCUT2D eigenvalue weighted by molar-refractivity contribution is 0.0853. The average molecular weight is 298 g/mol. The molecule has 3 N–H and O–H groups in total. The van der Waals surface area contributed by atoms with Gasteiger partial charge in [-0.1, -0.05) is 24.3 Å². The number of hydrogen-bond donors (Lipinski definition) is 3. The van der Waals surface area contributed by atoms with E-state index in [4.69, 9.17) is 0 Å². The smallest absolute Gasteiger partial charge is 0.272 e. The van der Waals surface area contributed by atoms with Gasteiger partial charge in [0, 0.05) is 25.7 Å². The van der Waals surface area contributed by atoms with Crippen LogP contribution in [0.1, 0.15) is 33.5 Å². The number of aliphatic hydroxyl groups excluding tert-OH is 1. The molecule has 2 aromatic rings. The van der Waals surface area contributed by atoms with Crippen molar-refractivity contribution < 1.29 is 9.90 Å². The number of rotatable bonds is 2. The lowest BCUT2D eigenvalue weighted by Crippen LogP contribution is -2.34. The standard InChI is InChI=1S/C16H18N4O2/c21-13-7-10-3-1-2-4-11(10)15(13)19-16(22)12-9-20-6-5-17-8-14(20)18-12/h1-4,9,13,15,17,21H,5-8H2,(H,19,22)/t13-,15+/m0/s1. The number of aliphatic hydroxyl groups is 1. The van der Waals surface area contributed by atoms with E-state index in [1.54, 1.807) is 6.20 Å². The summed E-state index contributed by atoms with van der Waals surface area (Å²) in [6, 6.07) is 7.47. The number of amides is 1. The van der Waals surface area contributed by atoms with Gasteiger partial charge in [-0.15, -0.1) is 0 Å². The fraction of sp³-hybridized carbons (Fsp3) is 0.375. The van der Waals surface area contributed by atoms with Gasteiger partial charge in [0.25, 0.3) is 5.91 Å². The Morgan fingerprint density at radius 2 is 2.27 bits per heavy atom. The molecule has 0 spiro atoms. The molecule has 1 amide bonds. The molecule has 2 atom stereocenters. The van der Waals surface area contributed by atoms with Crippen LogP contribution < -0.4 is 10.6 Å². The molecular formula is C16H18N4O2. The van der Waals surface area contributed by atoms with Crippen molar-refractivity contribution in [1.82, 2.24) is 20.2 Å². The Kier molecular flexibility index (Phi) is 3.20. The summed E-state index contributed by atoms with van der Waals surface area (Å²) in [5, 5.41) is 16.4. The van der Waals surface area contributed by atoms with E-state index < -0.39 is 6.10 Å². The molecule has 0 unspecified atom stereocenters. The Balaban J connectivity index is 1.56. The second-order valence-electron chi connectivity index (χ2n) is 5.83. The van der Waals surface area contributed by atoms with Crippen molar-refractivity contribution >= 4 is 5.91 Å². The third kappa shape index (κ3) is 2.20. The lowest BCUT2D eigenvalue weighted by atomic mass is 10.1. The van der Waals surface area contributed by atoms with E-state index in [0.29, 0.717) is 18.7 Å². The van der Waals surface area contributed by atoms with E-state index in [9.17, 15) is 9.90 Å². The summed E-state index contributed by atoms with van der Waals surface area (Å²) < 4.78 is 2.00. The zero-order valence-corrected chi connectivity index (χ0v) is 12.1. The minimum absolute atomic E-state index is 0.234. The number of benzene rings is 1. The molecule has 1 aromatic carbocycles. The van der Waals surface area contributed by atoms with Crippen molar-refractivity contribution in [2.75, 3.05) is 6.54 Å². The molecule has 22 heavy (non-hydrogen) atoms. The summed E-state index contributed by atoms with van der Waals surface area (Å²) in [5.74, 6) is 0.645. The highest BCUT2D eigenvalue weighted by molar-refractivity contribution is 5.92. The van der Waals surface area contributed by atoms with E-state index in [-0.39, 0.29) is 11.9 Å². The second-order valence-corrected chi connectivity index (χ2v) is 5.83. The van der Waals surface area contributed by atoms with Crippen LogP contribution in [-0.4, -0.2) is 33.2 Å². The number of nitrogens with zero attached hydrogens (tertiary/aromatic N) is 2. The van der Waals surface area contributed by atoms with Crippen molar-refractivity contribution in [2.24, 2.45) is 0 Å². The van der Waals surface area contributed by atoms with Crippen LogP contribution in [0.5, 0.6) is 0 Å². The van der Waals surface area contributed by atoms with Crippen molar-refractivity contribution in [3.63, 3.8) is 0 Å².